The number of rotatable bonds is 3. The molecule has 0 radical (unpaired) electrons. The van der Waals surface area contributed by atoms with E-state index in [4.69, 9.17) is 0 Å². The van der Waals surface area contributed by atoms with Gasteiger partial charge in [-0.15, -0.1) is 0 Å². The van der Waals surface area contributed by atoms with Gasteiger partial charge in [-0.25, -0.2) is 4.79 Å². The van der Waals surface area contributed by atoms with Crippen LogP contribution >= 0.6 is 0 Å². The van der Waals surface area contributed by atoms with E-state index < -0.39 is 6.04 Å². The van der Waals surface area contributed by atoms with Crippen LogP contribution < -0.4 is 5.32 Å². The van der Waals surface area contributed by atoms with E-state index >= 15 is 0 Å². The molecule has 6 nitrogen and oxygen atoms in total. The smallest absolute Gasteiger partial charge is 0.324 e. The number of carbonyl (C=O) groups is 3. The van der Waals surface area contributed by atoms with E-state index in [9.17, 15) is 14.4 Å². The zero-order valence-corrected chi connectivity index (χ0v) is 14.9. The normalized spacial score (nSPS) is 26.6. The average Bonchev–Trinajstić information content (AvgIpc) is 3.10. The van der Waals surface area contributed by atoms with Crippen molar-refractivity contribution < 1.29 is 14.4 Å². The number of benzene rings is 1. The summed E-state index contributed by atoms with van der Waals surface area (Å²) in [5, 5.41) is 2.94. The van der Waals surface area contributed by atoms with Crippen molar-refractivity contribution in [1.29, 1.82) is 0 Å². The van der Waals surface area contributed by atoms with Crippen molar-refractivity contribution in [2.45, 2.75) is 57.2 Å². The van der Waals surface area contributed by atoms with Crippen molar-refractivity contribution in [1.82, 2.24) is 15.1 Å². The van der Waals surface area contributed by atoms with Crippen LogP contribution in [0.5, 0.6) is 0 Å². The van der Waals surface area contributed by atoms with Gasteiger partial charge in [-0.3, -0.25) is 14.5 Å². The van der Waals surface area contributed by atoms with Crippen molar-refractivity contribution >= 4 is 17.8 Å². The molecule has 1 saturated carbocycles. The van der Waals surface area contributed by atoms with Gasteiger partial charge in [-0.1, -0.05) is 49.6 Å². The zero-order chi connectivity index (χ0) is 18.1. The molecule has 1 N–H and O–H groups in total. The number of nitrogens with zero attached hydrogens (tertiary/aromatic N) is 2. The van der Waals surface area contributed by atoms with E-state index in [0.717, 1.165) is 31.2 Å². The second-order valence-electron chi connectivity index (χ2n) is 7.57. The molecule has 2 atom stereocenters. The van der Waals surface area contributed by atoms with Crippen LogP contribution in [-0.4, -0.2) is 46.3 Å². The molecule has 6 heteroatoms. The summed E-state index contributed by atoms with van der Waals surface area (Å²) in [6, 6.07) is 8.31. The second-order valence-corrected chi connectivity index (χ2v) is 7.57. The summed E-state index contributed by atoms with van der Waals surface area (Å²) < 4.78 is 0. The molecule has 2 heterocycles. The fraction of sp³-hybridized carbons (Fsp3) is 0.550. The third kappa shape index (κ3) is 3.08. The standard InChI is InChI=1S/C20H25N3O3/c24-18(15-9-5-2-6-10-15)22-12-11-16-17(22)19(25)23(20(26)21-16)13-14-7-3-1-4-8-14/h1,3-4,7-8,15-17H,2,5-6,9-13H2,(H,21,26)/t16-,17-/m1/s1. The number of amides is 4. The van der Waals surface area contributed by atoms with Crippen LogP contribution in [0.4, 0.5) is 4.79 Å². The first kappa shape index (κ1) is 17.1. The molecule has 0 spiro atoms. The van der Waals surface area contributed by atoms with Gasteiger partial charge in [0.2, 0.25) is 5.91 Å². The maximum atomic E-state index is 13.1. The second kappa shape index (κ2) is 7.09. The number of imide groups is 1. The zero-order valence-electron chi connectivity index (χ0n) is 14.9. The van der Waals surface area contributed by atoms with Crippen LogP contribution in [0, 0.1) is 5.92 Å². The maximum absolute atomic E-state index is 13.1. The molecule has 2 aliphatic heterocycles. The van der Waals surface area contributed by atoms with Crippen LogP contribution in [0.2, 0.25) is 0 Å². The lowest BCUT2D eigenvalue weighted by atomic mass is 9.88. The molecule has 1 aliphatic carbocycles. The van der Waals surface area contributed by atoms with Crippen molar-refractivity contribution in [3.8, 4) is 0 Å². The summed E-state index contributed by atoms with van der Waals surface area (Å²) in [5.74, 6) is -0.110. The molecule has 1 aromatic carbocycles. The van der Waals surface area contributed by atoms with Gasteiger partial charge in [0.05, 0.1) is 12.6 Å². The van der Waals surface area contributed by atoms with E-state index in [0.29, 0.717) is 13.0 Å². The fourth-order valence-electron chi connectivity index (χ4n) is 4.49. The highest BCUT2D eigenvalue weighted by molar-refractivity contribution is 6.02. The Morgan fingerprint density at radius 2 is 1.77 bits per heavy atom. The van der Waals surface area contributed by atoms with Crippen LogP contribution in [0.25, 0.3) is 0 Å². The van der Waals surface area contributed by atoms with Gasteiger partial charge in [-0.2, -0.15) is 0 Å². The Morgan fingerprint density at radius 1 is 1.04 bits per heavy atom. The molecule has 0 aromatic heterocycles. The summed E-state index contributed by atoms with van der Waals surface area (Å²) in [4.78, 5) is 41.5. The van der Waals surface area contributed by atoms with Crippen LogP contribution in [0.15, 0.2) is 30.3 Å². The highest BCUT2D eigenvalue weighted by atomic mass is 16.2. The number of fused-ring (bicyclic) bond motifs is 1. The molecule has 4 rings (SSSR count). The summed E-state index contributed by atoms with van der Waals surface area (Å²) >= 11 is 0. The number of likely N-dealkylation sites (tertiary alicyclic amines) is 1. The van der Waals surface area contributed by atoms with E-state index in [1.165, 1.54) is 11.3 Å². The van der Waals surface area contributed by atoms with Crippen LogP contribution in [0.1, 0.15) is 44.1 Å². The lowest BCUT2D eigenvalue weighted by Crippen LogP contribution is -2.64. The molecule has 138 valence electrons. The molecule has 3 aliphatic rings. The minimum atomic E-state index is -0.550. The van der Waals surface area contributed by atoms with Gasteiger partial charge in [0, 0.05) is 12.5 Å². The Hall–Kier alpha value is -2.37. The number of carbonyl (C=O) groups excluding carboxylic acids is 3. The summed E-state index contributed by atoms with van der Waals surface area (Å²) in [5.41, 5.74) is 0.901. The first-order chi connectivity index (χ1) is 12.6. The predicted octanol–water partition coefficient (Wildman–Crippen LogP) is 2.29. The van der Waals surface area contributed by atoms with Gasteiger partial charge in [0.25, 0.3) is 5.91 Å². The lowest BCUT2D eigenvalue weighted by molar-refractivity contribution is -0.147. The van der Waals surface area contributed by atoms with E-state index in [2.05, 4.69) is 5.32 Å². The van der Waals surface area contributed by atoms with Crippen LogP contribution in [-0.2, 0) is 16.1 Å². The molecular formula is C20H25N3O3. The minimum absolute atomic E-state index is 0.0375. The van der Waals surface area contributed by atoms with Gasteiger partial charge < -0.3 is 10.2 Å². The average molecular weight is 355 g/mol. The Balaban J connectivity index is 1.52. The topological polar surface area (TPSA) is 69.7 Å². The van der Waals surface area contributed by atoms with Crippen LogP contribution in [0.3, 0.4) is 0 Å². The molecule has 26 heavy (non-hydrogen) atoms. The quantitative estimate of drug-likeness (QED) is 0.904. The van der Waals surface area contributed by atoms with Gasteiger partial charge in [0.1, 0.15) is 6.04 Å². The van der Waals surface area contributed by atoms with E-state index in [1.807, 2.05) is 30.3 Å². The fourth-order valence-corrected chi connectivity index (χ4v) is 4.49. The number of nitrogens with one attached hydrogen (secondary N) is 1. The van der Waals surface area contributed by atoms with Gasteiger partial charge in [0.15, 0.2) is 0 Å². The molecule has 0 bridgehead atoms. The molecule has 2 saturated heterocycles. The number of hydrogen-bond acceptors (Lipinski definition) is 3. The summed E-state index contributed by atoms with van der Waals surface area (Å²) in [6.45, 7) is 0.788. The third-order valence-electron chi connectivity index (χ3n) is 5.89. The summed E-state index contributed by atoms with van der Waals surface area (Å²) in [7, 11) is 0. The number of hydrogen-bond donors (Lipinski definition) is 1. The van der Waals surface area contributed by atoms with E-state index in [-0.39, 0.29) is 36.3 Å². The first-order valence-corrected chi connectivity index (χ1v) is 9.61. The van der Waals surface area contributed by atoms with Crippen molar-refractivity contribution in [2.75, 3.05) is 6.54 Å². The predicted molar refractivity (Wildman–Crippen MR) is 96.0 cm³/mol. The third-order valence-corrected chi connectivity index (χ3v) is 5.89. The number of urea groups is 1. The Morgan fingerprint density at radius 3 is 2.50 bits per heavy atom. The first-order valence-electron chi connectivity index (χ1n) is 9.61. The minimum Gasteiger partial charge on any atom is -0.332 e. The Kier molecular flexibility index (Phi) is 4.66. The molecule has 1 aromatic rings. The maximum Gasteiger partial charge on any atom is 0.324 e. The molecular weight excluding hydrogens is 330 g/mol. The summed E-state index contributed by atoms with van der Waals surface area (Å²) in [6.07, 6.45) is 5.85. The highest BCUT2D eigenvalue weighted by Crippen LogP contribution is 2.31. The lowest BCUT2D eigenvalue weighted by Gasteiger charge is -2.38. The molecule has 0 unspecified atom stereocenters. The highest BCUT2D eigenvalue weighted by Gasteiger charge is 2.50. The molecule has 3 fully saturated rings. The van der Waals surface area contributed by atoms with Crippen molar-refractivity contribution in [3.63, 3.8) is 0 Å². The Labute approximate surface area is 153 Å². The van der Waals surface area contributed by atoms with Crippen molar-refractivity contribution in [2.24, 2.45) is 5.92 Å². The SMILES string of the molecule is O=C1N[C@@H]2CCN(C(=O)C3CCCCC3)[C@H]2C(=O)N1Cc1ccccc1. The monoisotopic (exact) mass is 355 g/mol. The molecule has 4 amide bonds. The van der Waals surface area contributed by atoms with Gasteiger partial charge >= 0.3 is 6.03 Å². The Bertz CT molecular complexity index is 700. The van der Waals surface area contributed by atoms with Crippen molar-refractivity contribution in [3.05, 3.63) is 35.9 Å². The van der Waals surface area contributed by atoms with Gasteiger partial charge in [-0.05, 0) is 24.8 Å². The largest absolute Gasteiger partial charge is 0.332 e. The van der Waals surface area contributed by atoms with E-state index in [1.54, 1.807) is 4.90 Å².